The van der Waals surface area contributed by atoms with Crippen LogP contribution in [0.25, 0.3) is 0 Å². The summed E-state index contributed by atoms with van der Waals surface area (Å²) in [7, 11) is 0. The Bertz CT molecular complexity index is 283. The summed E-state index contributed by atoms with van der Waals surface area (Å²) in [5.41, 5.74) is 0. The van der Waals surface area contributed by atoms with Gasteiger partial charge in [0.05, 0.1) is 6.61 Å². The largest absolute Gasteiger partial charge is 0.481 e. The van der Waals surface area contributed by atoms with E-state index in [0.717, 1.165) is 13.0 Å². The molecule has 0 bridgehead atoms. The summed E-state index contributed by atoms with van der Waals surface area (Å²) in [6.45, 7) is 4.80. The van der Waals surface area contributed by atoms with E-state index in [9.17, 15) is 9.59 Å². The predicted octanol–water partition coefficient (Wildman–Crippen LogP) is -0.766. The molecule has 0 spiro atoms. The van der Waals surface area contributed by atoms with Gasteiger partial charge in [-0.3, -0.25) is 14.5 Å². The van der Waals surface area contributed by atoms with Gasteiger partial charge in [0.15, 0.2) is 0 Å². The number of nitrogens with zero attached hydrogens (tertiary/aromatic N) is 2. The number of aliphatic carboxylic acids is 1. The minimum Gasteiger partial charge on any atom is -0.481 e. The molecule has 0 aliphatic carbocycles. The van der Waals surface area contributed by atoms with Crippen molar-refractivity contribution in [1.82, 2.24) is 9.80 Å². The molecule has 1 amide bonds. The lowest BCUT2D eigenvalue weighted by molar-refractivity contribution is -0.150. The van der Waals surface area contributed by atoms with Crippen LogP contribution in [0.3, 0.4) is 0 Å². The van der Waals surface area contributed by atoms with Crippen LogP contribution in [0.1, 0.15) is 13.3 Å². The molecule has 1 aliphatic rings. The van der Waals surface area contributed by atoms with Crippen molar-refractivity contribution in [3.05, 3.63) is 0 Å². The van der Waals surface area contributed by atoms with Crippen LogP contribution in [0.4, 0.5) is 0 Å². The first-order valence-corrected chi connectivity index (χ1v) is 5.91. The average Bonchev–Trinajstić information content (AvgIpc) is 2.53. The van der Waals surface area contributed by atoms with Crippen LogP contribution in [-0.4, -0.2) is 71.2 Å². The second kappa shape index (κ2) is 6.56. The Balaban J connectivity index is 2.50. The van der Waals surface area contributed by atoms with Gasteiger partial charge >= 0.3 is 5.97 Å². The maximum atomic E-state index is 11.8. The quantitative estimate of drug-likeness (QED) is 0.635. The van der Waals surface area contributed by atoms with Crippen LogP contribution in [0.5, 0.6) is 0 Å². The standard InChI is InChI=1S/C11H20N2O4/c1-9(11(16)17)10(15)13-4-2-3-12(5-6-13)7-8-14/h9,14H,2-8H2,1H3,(H,16,17). The van der Waals surface area contributed by atoms with E-state index in [0.29, 0.717) is 26.2 Å². The molecule has 1 atom stereocenters. The van der Waals surface area contributed by atoms with Gasteiger partial charge < -0.3 is 15.1 Å². The van der Waals surface area contributed by atoms with Crippen molar-refractivity contribution >= 4 is 11.9 Å². The monoisotopic (exact) mass is 244 g/mol. The van der Waals surface area contributed by atoms with E-state index in [-0.39, 0.29) is 12.5 Å². The molecule has 6 heteroatoms. The van der Waals surface area contributed by atoms with Crippen molar-refractivity contribution in [1.29, 1.82) is 0 Å². The molecular weight excluding hydrogens is 224 g/mol. The maximum Gasteiger partial charge on any atom is 0.315 e. The lowest BCUT2D eigenvalue weighted by Crippen LogP contribution is -2.40. The summed E-state index contributed by atoms with van der Waals surface area (Å²) >= 11 is 0. The van der Waals surface area contributed by atoms with Gasteiger partial charge in [0.1, 0.15) is 5.92 Å². The van der Waals surface area contributed by atoms with Crippen LogP contribution in [0.2, 0.25) is 0 Å². The third-order valence-corrected chi connectivity index (χ3v) is 3.06. The van der Waals surface area contributed by atoms with Crippen LogP contribution in [0, 0.1) is 5.92 Å². The second-order valence-corrected chi connectivity index (χ2v) is 4.30. The number of aliphatic hydroxyl groups excluding tert-OH is 1. The zero-order valence-electron chi connectivity index (χ0n) is 10.1. The molecule has 1 aliphatic heterocycles. The molecule has 1 rings (SSSR count). The number of hydrogen-bond donors (Lipinski definition) is 2. The number of β-amino-alcohol motifs (C(OH)–C–C–N with tert-alkyl or cyclic N) is 1. The maximum absolute atomic E-state index is 11.8. The van der Waals surface area contributed by atoms with Crippen LogP contribution in [0.15, 0.2) is 0 Å². The van der Waals surface area contributed by atoms with Gasteiger partial charge in [-0.05, 0) is 19.9 Å². The third kappa shape index (κ3) is 3.98. The molecular formula is C11H20N2O4. The van der Waals surface area contributed by atoms with E-state index >= 15 is 0 Å². The Morgan fingerprint density at radius 1 is 1.24 bits per heavy atom. The van der Waals surface area contributed by atoms with Gasteiger partial charge in [0.25, 0.3) is 0 Å². The molecule has 0 aromatic rings. The zero-order chi connectivity index (χ0) is 12.8. The molecule has 0 saturated carbocycles. The Hall–Kier alpha value is -1.14. The van der Waals surface area contributed by atoms with Gasteiger partial charge in [0.2, 0.25) is 5.91 Å². The van der Waals surface area contributed by atoms with Crippen LogP contribution < -0.4 is 0 Å². The molecule has 1 fully saturated rings. The van der Waals surface area contributed by atoms with Gasteiger partial charge in [-0.25, -0.2) is 0 Å². The number of carbonyl (C=O) groups is 2. The first kappa shape index (κ1) is 13.9. The molecule has 0 aromatic heterocycles. The average molecular weight is 244 g/mol. The number of hydrogen-bond acceptors (Lipinski definition) is 4. The van der Waals surface area contributed by atoms with Crippen molar-refractivity contribution in [3.63, 3.8) is 0 Å². The van der Waals surface area contributed by atoms with E-state index in [1.807, 2.05) is 0 Å². The summed E-state index contributed by atoms with van der Waals surface area (Å²) in [5.74, 6) is -2.37. The van der Waals surface area contributed by atoms with Crippen molar-refractivity contribution in [2.24, 2.45) is 5.92 Å². The van der Waals surface area contributed by atoms with Gasteiger partial charge in [0, 0.05) is 26.2 Å². The highest BCUT2D eigenvalue weighted by molar-refractivity contribution is 5.96. The molecule has 1 saturated heterocycles. The summed E-state index contributed by atoms with van der Waals surface area (Å²) in [6.07, 6.45) is 0.818. The van der Waals surface area contributed by atoms with Crippen molar-refractivity contribution < 1.29 is 19.8 Å². The first-order valence-electron chi connectivity index (χ1n) is 5.91. The highest BCUT2D eigenvalue weighted by atomic mass is 16.4. The Kier molecular flexibility index (Phi) is 5.37. The molecule has 1 heterocycles. The normalized spacial score (nSPS) is 19.8. The van der Waals surface area contributed by atoms with E-state index in [4.69, 9.17) is 10.2 Å². The molecule has 98 valence electrons. The lowest BCUT2D eigenvalue weighted by atomic mass is 10.1. The number of amides is 1. The number of carbonyl (C=O) groups excluding carboxylic acids is 1. The Morgan fingerprint density at radius 2 is 1.94 bits per heavy atom. The smallest absolute Gasteiger partial charge is 0.315 e. The number of rotatable bonds is 4. The SMILES string of the molecule is CC(C(=O)O)C(=O)N1CCCN(CCO)CC1. The molecule has 0 radical (unpaired) electrons. The molecule has 1 unspecified atom stereocenters. The summed E-state index contributed by atoms with van der Waals surface area (Å²) in [5, 5.41) is 17.6. The molecule has 6 nitrogen and oxygen atoms in total. The van der Waals surface area contributed by atoms with Gasteiger partial charge in [-0.2, -0.15) is 0 Å². The number of carboxylic acid groups (broad SMARTS) is 1. The first-order chi connectivity index (χ1) is 8.06. The molecule has 17 heavy (non-hydrogen) atoms. The minimum absolute atomic E-state index is 0.111. The van der Waals surface area contributed by atoms with Crippen molar-refractivity contribution in [2.45, 2.75) is 13.3 Å². The number of carboxylic acids is 1. The second-order valence-electron chi connectivity index (χ2n) is 4.30. The van der Waals surface area contributed by atoms with Gasteiger partial charge in [-0.1, -0.05) is 0 Å². The number of aliphatic hydroxyl groups is 1. The fourth-order valence-electron chi connectivity index (χ4n) is 1.94. The molecule has 2 N–H and O–H groups in total. The summed E-state index contributed by atoms with van der Waals surface area (Å²) in [6, 6.07) is 0. The topological polar surface area (TPSA) is 81.1 Å². The van der Waals surface area contributed by atoms with Crippen molar-refractivity contribution in [2.75, 3.05) is 39.3 Å². The van der Waals surface area contributed by atoms with Gasteiger partial charge in [-0.15, -0.1) is 0 Å². The fourth-order valence-corrected chi connectivity index (χ4v) is 1.94. The third-order valence-electron chi connectivity index (χ3n) is 3.06. The predicted molar refractivity (Wildman–Crippen MR) is 61.5 cm³/mol. The summed E-state index contributed by atoms with van der Waals surface area (Å²) < 4.78 is 0. The lowest BCUT2D eigenvalue weighted by Gasteiger charge is -2.23. The minimum atomic E-state index is -1.08. The van der Waals surface area contributed by atoms with E-state index in [1.54, 1.807) is 4.90 Å². The zero-order valence-corrected chi connectivity index (χ0v) is 10.1. The molecule has 0 aromatic carbocycles. The Labute approximate surface area is 101 Å². The van der Waals surface area contributed by atoms with Crippen LogP contribution >= 0.6 is 0 Å². The van der Waals surface area contributed by atoms with E-state index < -0.39 is 11.9 Å². The highest BCUT2D eigenvalue weighted by Gasteiger charge is 2.27. The Morgan fingerprint density at radius 3 is 2.53 bits per heavy atom. The van der Waals surface area contributed by atoms with Crippen LogP contribution in [-0.2, 0) is 9.59 Å². The van der Waals surface area contributed by atoms with Crippen molar-refractivity contribution in [3.8, 4) is 0 Å². The highest BCUT2D eigenvalue weighted by Crippen LogP contribution is 2.08. The fraction of sp³-hybridized carbons (Fsp3) is 0.818. The summed E-state index contributed by atoms with van der Waals surface area (Å²) in [4.78, 5) is 26.3. The van der Waals surface area contributed by atoms with E-state index in [1.165, 1.54) is 6.92 Å². The van der Waals surface area contributed by atoms with E-state index in [2.05, 4.69) is 4.90 Å².